The maximum Gasteiger partial charge on any atom is 0.418 e. The fourth-order valence-electron chi connectivity index (χ4n) is 5.19. The van der Waals surface area contributed by atoms with E-state index in [1.807, 2.05) is 0 Å². The van der Waals surface area contributed by atoms with Crippen molar-refractivity contribution < 1.29 is 35.9 Å². The molecule has 1 unspecified atom stereocenters. The van der Waals surface area contributed by atoms with Crippen LogP contribution in [0.15, 0.2) is 46.0 Å². The van der Waals surface area contributed by atoms with E-state index < -0.39 is 45.2 Å². The van der Waals surface area contributed by atoms with Crippen molar-refractivity contribution in [1.82, 2.24) is 4.31 Å². The lowest BCUT2D eigenvalue weighted by atomic mass is 9.96. The molecule has 1 fully saturated rings. The summed E-state index contributed by atoms with van der Waals surface area (Å²) in [5.74, 6) is -1.96. The molecule has 2 aliphatic heterocycles. The third kappa shape index (κ3) is 5.04. The minimum Gasteiger partial charge on any atom is -0.385 e. The Morgan fingerprint density at radius 1 is 1.23 bits per heavy atom. The lowest BCUT2D eigenvalue weighted by Gasteiger charge is -2.31. The van der Waals surface area contributed by atoms with Gasteiger partial charge in [-0.2, -0.15) is 17.5 Å². The number of anilines is 2. The monoisotopic (exact) mass is 581 g/mol. The minimum absolute atomic E-state index is 0.104. The van der Waals surface area contributed by atoms with Crippen LogP contribution in [0.25, 0.3) is 10.8 Å². The van der Waals surface area contributed by atoms with Crippen molar-refractivity contribution in [3.63, 3.8) is 0 Å². The normalized spacial score (nSPS) is 18.2. The standard InChI is InChI=1S/C26H26F3N3O5S2/c1-37-12-5-11-32-20-14-19(26(27,28)29)23(17-7-2-8-18(22(17)20)25(32)34)30-24(33)16-6-3-10-31(15-16)39(35,36)21-9-4-13-38-21/h2,4,7-9,13-14,16H,3,5-6,10-12,15H2,1H3,(H,30,33). The molecule has 0 radical (unpaired) electrons. The summed E-state index contributed by atoms with van der Waals surface area (Å²) in [7, 11) is -2.31. The Bertz CT molecular complexity index is 1520. The van der Waals surface area contributed by atoms with Gasteiger partial charge in [0.05, 0.1) is 22.9 Å². The van der Waals surface area contributed by atoms with Gasteiger partial charge in [0.1, 0.15) is 4.21 Å². The largest absolute Gasteiger partial charge is 0.418 e. The van der Waals surface area contributed by atoms with Gasteiger partial charge in [-0.15, -0.1) is 11.3 Å². The Labute approximate surface area is 227 Å². The van der Waals surface area contributed by atoms with Crippen LogP contribution in [0.4, 0.5) is 24.5 Å². The number of methoxy groups -OCH3 is 1. The fourth-order valence-corrected chi connectivity index (χ4v) is 7.86. The molecular weight excluding hydrogens is 555 g/mol. The van der Waals surface area contributed by atoms with E-state index in [-0.39, 0.29) is 40.5 Å². The second kappa shape index (κ2) is 10.5. The second-order valence-electron chi connectivity index (χ2n) is 9.47. The Morgan fingerprint density at radius 3 is 2.72 bits per heavy atom. The third-order valence-electron chi connectivity index (χ3n) is 7.03. The summed E-state index contributed by atoms with van der Waals surface area (Å²) in [4.78, 5) is 27.8. The van der Waals surface area contributed by atoms with E-state index in [4.69, 9.17) is 4.74 Å². The number of benzene rings is 2. The van der Waals surface area contributed by atoms with Gasteiger partial charge >= 0.3 is 6.18 Å². The van der Waals surface area contributed by atoms with Crippen LogP contribution in [0, 0.1) is 5.92 Å². The lowest BCUT2D eigenvalue weighted by molar-refractivity contribution is -0.136. The van der Waals surface area contributed by atoms with Crippen LogP contribution in [0.3, 0.4) is 0 Å². The van der Waals surface area contributed by atoms with E-state index in [1.54, 1.807) is 17.5 Å². The minimum atomic E-state index is -4.83. The number of ether oxygens (including phenoxy) is 1. The zero-order valence-corrected chi connectivity index (χ0v) is 22.6. The summed E-state index contributed by atoms with van der Waals surface area (Å²) in [5.41, 5.74) is -1.10. The highest BCUT2D eigenvalue weighted by Crippen LogP contribution is 2.47. The molecule has 1 saturated heterocycles. The first-order chi connectivity index (χ1) is 18.5. The van der Waals surface area contributed by atoms with E-state index in [0.29, 0.717) is 31.3 Å². The summed E-state index contributed by atoms with van der Waals surface area (Å²) >= 11 is 1.06. The van der Waals surface area contributed by atoms with Crippen molar-refractivity contribution in [2.45, 2.75) is 29.6 Å². The highest BCUT2D eigenvalue weighted by atomic mass is 32.2. The molecular formula is C26H26F3N3O5S2. The first-order valence-corrected chi connectivity index (χ1v) is 14.7. The van der Waals surface area contributed by atoms with Crippen molar-refractivity contribution in [2.24, 2.45) is 5.92 Å². The van der Waals surface area contributed by atoms with Crippen molar-refractivity contribution in [3.8, 4) is 0 Å². The van der Waals surface area contributed by atoms with Crippen molar-refractivity contribution in [3.05, 3.63) is 52.9 Å². The van der Waals surface area contributed by atoms with E-state index >= 15 is 0 Å². The number of carbonyl (C=O) groups is 2. The molecule has 0 bridgehead atoms. The average molecular weight is 582 g/mol. The van der Waals surface area contributed by atoms with E-state index in [1.165, 1.54) is 34.5 Å². The Kier molecular flexibility index (Phi) is 7.44. The van der Waals surface area contributed by atoms with Gasteiger partial charge < -0.3 is 15.0 Å². The first kappa shape index (κ1) is 27.6. The van der Waals surface area contributed by atoms with Crippen molar-refractivity contribution >= 4 is 55.3 Å². The molecule has 2 aromatic carbocycles. The van der Waals surface area contributed by atoms with Crippen LogP contribution in [-0.4, -0.2) is 57.9 Å². The smallest absolute Gasteiger partial charge is 0.385 e. The predicted molar refractivity (Wildman–Crippen MR) is 142 cm³/mol. The molecule has 208 valence electrons. The molecule has 1 N–H and O–H groups in total. The van der Waals surface area contributed by atoms with Crippen molar-refractivity contribution in [1.29, 1.82) is 0 Å². The molecule has 1 aromatic heterocycles. The molecule has 8 nitrogen and oxygen atoms in total. The quantitative estimate of drug-likeness (QED) is 0.380. The van der Waals surface area contributed by atoms with Crippen LogP contribution >= 0.6 is 11.3 Å². The van der Waals surface area contributed by atoms with E-state index in [9.17, 15) is 31.2 Å². The fraction of sp³-hybridized carbons (Fsp3) is 0.385. The molecule has 2 aliphatic rings. The second-order valence-corrected chi connectivity index (χ2v) is 12.6. The van der Waals surface area contributed by atoms with Crippen molar-refractivity contribution in [2.75, 3.05) is 43.6 Å². The predicted octanol–water partition coefficient (Wildman–Crippen LogP) is 4.96. The molecule has 0 saturated carbocycles. The van der Waals surface area contributed by atoms with Crippen LogP contribution in [0.5, 0.6) is 0 Å². The average Bonchev–Trinajstić information content (AvgIpc) is 3.54. The Hall–Kier alpha value is -3.00. The SMILES string of the molecule is COCCCN1C(=O)c2cccc3c(NC(=O)C4CCCN(S(=O)(=O)c5cccs5)C4)c(C(F)(F)F)cc1c23. The summed E-state index contributed by atoms with van der Waals surface area (Å²) in [6, 6.07) is 8.50. The molecule has 3 aromatic rings. The van der Waals surface area contributed by atoms with Gasteiger partial charge in [0, 0.05) is 49.7 Å². The number of hydrogen-bond acceptors (Lipinski definition) is 6. The first-order valence-electron chi connectivity index (χ1n) is 12.4. The Balaban J connectivity index is 1.50. The summed E-state index contributed by atoms with van der Waals surface area (Å²) in [5, 5.41) is 4.56. The number of hydrogen-bond donors (Lipinski definition) is 1. The zero-order valence-electron chi connectivity index (χ0n) is 21.0. The van der Waals surface area contributed by atoms with Crippen LogP contribution in [-0.2, 0) is 25.7 Å². The lowest BCUT2D eigenvalue weighted by Crippen LogP contribution is -2.43. The molecule has 1 atom stereocenters. The summed E-state index contributed by atoms with van der Waals surface area (Å²) in [6.07, 6.45) is -3.67. The molecule has 5 rings (SSSR count). The molecule has 0 aliphatic carbocycles. The zero-order chi connectivity index (χ0) is 27.9. The molecule has 0 spiro atoms. The topological polar surface area (TPSA) is 96.0 Å². The van der Waals surface area contributed by atoms with Gasteiger partial charge in [-0.25, -0.2) is 8.42 Å². The van der Waals surface area contributed by atoms with Gasteiger partial charge in [0.25, 0.3) is 15.9 Å². The van der Waals surface area contributed by atoms with Gasteiger partial charge in [0.2, 0.25) is 5.91 Å². The Morgan fingerprint density at radius 2 is 2.03 bits per heavy atom. The summed E-state index contributed by atoms with van der Waals surface area (Å²) in [6.45, 7) is 0.598. The highest BCUT2D eigenvalue weighted by molar-refractivity contribution is 7.91. The molecule has 13 heteroatoms. The number of carbonyl (C=O) groups excluding carboxylic acids is 2. The molecule has 2 amide bonds. The number of amides is 2. The number of thiophene rings is 1. The van der Waals surface area contributed by atoms with Gasteiger partial charge in [-0.1, -0.05) is 18.2 Å². The number of halogens is 3. The van der Waals surface area contributed by atoms with Gasteiger partial charge in [0.15, 0.2) is 0 Å². The van der Waals surface area contributed by atoms with Gasteiger partial charge in [-0.05, 0) is 42.8 Å². The van der Waals surface area contributed by atoms with Crippen LogP contribution in [0.1, 0.15) is 35.2 Å². The number of rotatable bonds is 8. The number of sulfonamides is 1. The van der Waals surface area contributed by atoms with E-state index in [2.05, 4.69) is 5.32 Å². The number of nitrogens with zero attached hydrogens (tertiary/aromatic N) is 2. The maximum absolute atomic E-state index is 14.3. The molecule has 39 heavy (non-hydrogen) atoms. The van der Waals surface area contributed by atoms with Gasteiger partial charge in [-0.3, -0.25) is 9.59 Å². The van der Waals surface area contributed by atoms with Crippen LogP contribution in [0.2, 0.25) is 0 Å². The third-order valence-corrected chi connectivity index (χ3v) is 10.3. The number of nitrogens with one attached hydrogen (secondary N) is 1. The van der Waals surface area contributed by atoms with E-state index in [0.717, 1.165) is 17.4 Å². The summed E-state index contributed by atoms with van der Waals surface area (Å²) < 4.78 is 75.4. The van der Waals surface area contributed by atoms with Crippen LogP contribution < -0.4 is 10.2 Å². The molecule has 3 heterocycles. The highest BCUT2D eigenvalue weighted by Gasteiger charge is 2.41. The number of alkyl halides is 3. The maximum atomic E-state index is 14.3. The number of piperidine rings is 1.